The summed E-state index contributed by atoms with van der Waals surface area (Å²) >= 11 is 0. The van der Waals surface area contributed by atoms with E-state index in [-0.39, 0.29) is 31.8 Å². The predicted octanol–water partition coefficient (Wildman–Crippen LogP) is 2.22. The second-order valence-electron chi connectivity index (χ2n) is 7.87. The van der Waals surface area contributed by atoms with Gasteiger partial charge in [-0.1, -0.05) is 6.07 Å². The Morgan fingerprint density at radius 1 is 1.09 bits per heavy atom. The Hall–Kier alpha value is -3.79. The molecule has 0 bridgehead atoms. The molecule has 0 aromatic heterocycles. The number of rotatable bonds is 8. The van der Waals surface area contributed by atoms with Crippen LogP contribution in [0.3, 0.4) is 0 Å². The van der Waals surface area contributed by atoms with Gasteiger partial charge in [-0.25, -0.2) is 5.01 Å². The van der Waals surface area contributed by atoms with E-state index in [1.807, 2.05) is 30.3 Å². The van der Waals surface area contributed by atoms with Crippen molar-refractivity contribution in [1.82, 2.24) is 9.91 Å². The van der Waals surface area contributed by atoms with E-state index in [0.717, 1.165) is 11.1 Å². The molecule has 0 saturated heterocycles. The fourth-order valence-corrected chi connectivity index (χ4v) is 3.92. The number of hydrogen-bond acceptors (Lipinski definition) is 8. The highest BCUT2D eigenvalue weighted by atomic mass is 16.7. The van der Waals surface area contributed by atoms with Crippen molar-refractivity contribution in [1.29, 1.82) is 0 Å². The van der Waals surface area contributed by atoms with Gasteiger partial charge in [0.25, 0.3) is 5.91 Å². The monoisotopic (exact) mass is 469 g/mol. The van der Waals surface area contributed by atoms with Crippen LogP contribution in [-0.2, 0) is 14.3 Å². The number of ether oxygens (including phenoxy) is 5. The summed E-state index contributed by atoms with van der Waals surface area (Å²) in [7, 11) is 6.14. The Kier molecular flexibility index (Phi) is 6.87. The fraction of sp³-hybridized carbons (Fsp3) is 0.375. The van der Waals surface area contributed by atoms with Crippen molar-refractivity contribution >= 4 is 17.5 Å². The van der Waals surface area contributed by atoms with Crippen molar-refractivity contribution in [3.05, 3.63) is 47.5 Å². The molecular formula is C24H27N3O7. The number of hydrogen-bond donors (Lipinski definition) is 0. The maximum atomic E-state index is 13.3. The molecule has 10 heteroatoms. The molecule has 2 aromatic rings. The van der Waals surface area contributed by atoms with Crippen molar-refractivity contribution in [2.45, 2.75) is 12.5 Å². The highest BCUT2D eigenvalue weighted by Crippen LogP contribution is 2.40. The lowest BCUT2D eigenvalue weighted by Crippen LogP contribution is -2.40. The van der Waals surface area contributed by atoms with E-state index in [9.17, 15) is 9.59 Å². The second-order valence-corrected chi connectivity index (χ2v) is 7.87. The molecule has 0 radical (unpaired) electrons. The molecule has 0 saturated carbocycles. The van der Waals surface area contributed by atoms with Crippen LogP contribution in [-0.4, -0.2) is 75.8 Å². The molecule has 10 nitrogen and oxygen atoms in total. The van der Waals surface area contributed by atoms with E-state index in [1.54, 1.807) is 27.3 Å². The van der Waals surface area contributed by atoms with E-state index < -0.39 is 6.04 Å². The van der Waals surface area contributed by atoms with Gasteiger partial charge in [0.15, 0.2) is 11.5 Å². The summed E-state index contributed by atoms with van der Waals surface area (Å²) in [5.41, 5.74) is 2.28. The quantitative estimate of drug-likeness (QED) is 0.585. The van der Waals surface area contributed by atoms with E-state index >= 15 is 0 Å². The van der Waals surface area contributed by atoms with Crippen molar-refractivity contribution in [2.75, 3.05) is 48.3 Å². The van der Waals surface area contributed by atoms with Gasteiger partial charge in [-0.15, -0.1) is 0 Å². The number of amides is 2. The zero-order chi connectivity index (χ0) is 24.2. The molecule has 2 aliphatic rings. The topological polar surface area (TPSA) is 99.1 Å². The van der Waals surface area contributed by atoms with E-state index in [2.05, 4.69) is 5.10 Å². The van der Waals surface area contributed by atoms with Gasteiger partial charge in [0.1, 0.15) is 24.7 Å². The van der Waals surface area contributed by atoms with Crippen molar-refractivity contribution in [3.8, 4) is 23.0 Å². The summed E-state index contributed by atoms with van der Waals surface area (Å²) in [6.45, 7) is -0.0873. The van der Waals surface area contributed by atoms with Gasteiger partial charge in [0.2, 0.25) is 12.7 Å². The first-order valence-electron chi connectivity index (χ1n) is 10.7. The van der Waals surface area contributed by atoms with Crippen molar-refractivity contribution in [3.63, 3.8) is 0 Å². The summed E-state index contributed by atoms with van der Waals surface area (Å²) < 4.78 is 26.7. The lowest BCUT2D eigenvalue weighted by molar-refractivity contribution is -0.142. The maximum Gasteiger partial charge on any atom is 0.262 e. The second kappa shape index (κ2) is 10.0. The van der Waals surface area contributed by atoms with Gasteiger partial charge in [-0.3, -0.25) is 9.59 Å². The highest BCUT2D eigenvalue weighted by Gasteiger charge is 2.35. The number of nitrogens with zero attached hydrogens (tertiary/aromatic N) is 3. The summed E-state index contributed by atoms with van der Waals surface area (Å²) in [5.74, 6) is 1.89. The Bertz CT molecular complexity index is 1120. The lowest BCUT2D eigenvalue weighted by atomic mass is 9.97. The van der Waals surface area contributed by atoms with Crippen LogP contribution in [0.1, 0.15) is 23.6 Å². The summed E-state index contributed by atoms with van der Waals surface area (Å²) in [6, 6.07) is 10.6. The summed E-state index contributed by atoms with van der Waals surface area (Å²) in [6.07, 6.45) is 0.448. The Labute approximate surface area is 197 Å². The summed E-state index contributed by atoms with van der Waals surface area (Å²) in [4.78, 5) is 26.8. The molecule has 0 spiro atoms. The molecule has 0 N–H and O–H groups in total. The average Bonchev–Trinajstić information content (AvgIpc) is 3.50. The normalized spacial score (nSPS) is 16.3. The van der Waals surface area contributed by atoms with Crippen LogP contribution in [0.15, 0.2) is 41.5 Å². The van der Waals surface area contributed by atoms with Crippen LogP contribution < -0.4 is 18.9 Å². The predicted molar refractivity (Wildman–Crippen MR) is 122 cm³/mol. The van der Waals surface area contributed by atoms with Gasteiger partial charge in [-0.2, -0.15) is 5.10 Å². The molecule has 0 fully saturated rings. The van der Waals surface area contributed by atoms with Gasteiger partial charge < -0.3 is 28.6 Å². The summed E-state index contributed by atoms with van der Waals surface area (Å²) in [5, 5.41) is 6.09. The maximum absolute atomic E-state index is 13.3. The minimum atomic E-state index is -0.394. The zero-order valence-electron chi connectivity index (χ0n) is 19.6. The van der Waals surface area contributed by atoms with Crippen LogP contribution in [0.25, 0.3) is 0 Å². The number of benzene rings is 2. The van der Waals surface area contributed by atoms with E-state index in [1.165, 1.54) is 17.0 Å². The number of likely N-dealkylation sites (N-methyl/N-ethyl adjacent to an activating group) is 1. The van der Waals surface area contributed by atoms with E-state index in [4.69, 9.17) is 23.7 Å². The molecule has 1 atom stereocenters. The first-order valence-corrected chi connectivity index (χ1v) is 10.7. The molecule has 0 unspecified atom stereocenters. The number of methoxy groups -OCH3 is 3. The van der Waals surface area contributed by atoms with Crippen LogP contribution >= 0.6 is 0 Å². The van der Waals surface area contributed by atoms with Crippen LogP contribution in [0, 0.1) is 0 Å². The number of carbonyl (C=O) groups is 2. The molecule has 2 amide bonds. The molecule has 4 rings (SSSR count). The van der Waals surface area contributed by atoms with Gasteiger partial charge in [0, 0.05) is 32.2 Å². The molecule has 34 heavy (non-hydrogen) atoms. The fourth-order valence-electron chi connectivity index (χ4n) is 3.92. The molecule has 0 aliphatic carbocycles. The standard InChI is InChI=1S/C24H27N3O7/c1-26(24(29)13-30-2)12-23(28)27-19(15-5-8-20-22(9-15)34-14-33-20)11-18(25-27)17-7-6-16(31-3)10-21(17)32-4/h5-10,19H,11-14H2,1-4H3/t19-/m0/s1. The Morgan fingerprint density at radius 2 is 1.88 bits per heavy atom. The molecular weight excluding hydrogens is 442 g/mol. The van der Waals surface area contributed by atoms with Gasteiger partial charge in [-0.05, 0) is 29.8 Å². The van der Waals surface area contributed by atoms with Crippen molar-refractivity contribution < 1.29 is 33.3 Å². The third kappa shape index (κ3) is 4.62. The zero-order valence-corrected chi connectivity index (χ0v) is 19.6. The van der Waals surface area contributed by atoms with Crippen LogP contribution in [0.4, 0.5) is 0 Å². The third-order valence-corrected chi connectivity index (χ3v) is 5.73. The molecule has 2 aliphatic heterocycles. The smallest absolute Gasteiger partial charge is 0.262 e. The minimum absolute atomic E-state index is 0.104. The lowest BCUT2D eigenvalue weighted by Gasteiger charge is -2.25. The van der Waals surface area contributed by atoms with E-state index in [0.29, 0.717) is 35.1 Å². The first-order chi connectivity index (χ1) is 16.4. The number of fused-ring (bicyclic) bond motifs is 1. The minimum Gasteiger partial charge on any atom is -0.497 e. The van der Waals surface area contributed by atoms with Crippen molar-refractivity contribution in [2.24, 2.45) is 5.10 Å². The number of hydrazone groups is 1. The largest absolute Gasteiger partial charge is 0.497 e. The molecule has 2 aromatic carbocycles. The third-order valence-electron chi connectivity index (χ3n) is 5.73. The van der Waals surface area contributed by atoms with Crippen LogP contribution in [0.5, 0.6) is 23.0 Å². The average molecular weight is 469 g/mol. The first kappa shape index (κ1) is 23.4. The SMILES string of the molecule is COCC(=O)N(C)CC(=O)N1N=C(c2ccc(OC)cc2OC)C[C@H]1c1ccc2c(c1)OCO2. The Morgan fingerprint density at radius 3 is 2.62 bits per heavy atom. The van der Waals surface area contributed by atoms with Gasteiger partial charge >= 0.3 is 0 Å². The molecule has 180 valence electrons. The highest BCUT2D eigenvalue weighted by molar-refractivity contribution is 6.05. The Balaban J connectivity index is 1.67. The van der Waals surface area contributed by atoms with Gasteiger partial charge in [0.05, 0.1) is 26.0 Å². The number of carbonyl (C=O) groups excluding carboxylic acids is 2. The van der Waals surface area contributed by atoms with Crippen LogP contribution in [0.2, 0.25) is 0 Å². The molecule has 2 heterocycles.